The van der Waals surface area contributed by atoms with Crippen molar-refractivity contribution in [3.63, 3.8) is 0 Å². The molecule has 2 aromatic carbocycles. The van der Waals surface area contributed by atoms with Crippen molar-refractivity contribution >= 4 is 17.2 Å². The number of nitro groups is 1. The van der Waals surface area contributed by atoms with Gasteiger partial charge in [-0.15, -0.1) is 0 Å². The maximum Gasteiger partial charge on any atom is 0.293 e. The van der Waals surface area contributed by atoms with E-state index in [1.54, 1.807) is 12.1 Å². The molecule has 1 fully saturated rings. The molecule has 1 aliphatic heterocycles. The molecule has 1 unspecified atom stereocenters. The zero-order chi connectivity index (χ0) is 16.4. The highest BCUT2D eigenvalue weighted by Crippen LogP contribution is 2.40. The average Bonchev–Trinajstić information content (AvgIpc) is 3.04. The Kier molecular flexibility index (Phi) is 4.10. The number of anilines is 1. The summed E-state index contributed by atoms with van der Waals surface area (Å²) in [4.78, 5) is 24.6. The number of hydrogen-bond donors (Lipinski definition) is 0. The van der Waals surface area contributed by atoms with Crippen molar-refractivity contribution in [3.05, 3.63) is 69.8 Å². The highest BCUT2D eigenvalue weighted by Gasteiger charge is 2.31. The van der Waals surface area contributed by atoms with Gasteiger partial charge in [-0.2, -0.15) is 0 Å². The molecule has 0 saturated carbocycles. The lowest BCUT2D eigenvalue weighted by atomic mass is 10.0. The molecule has 0 radical (unpaired) electrons. The minimum atomic E-state index is -0.401. The van der Waals surface area contributed by atoms with Gasteiger partial charge < -0.3 is 4.90 Å². The summed E-state index contributed by atoms with van der Waals surface area (Å²) in [5.41, 5.74) is 2.12. The molecule has 5 heteroatoms. The van der Waals surface area contributed by atoms with Crippen molar-refractivity contribution in [1.29, 1.82) is 0 Å². The Hall–Kier alpha value is -2.69. The third kappa shape index (κ3) is 2.95. The highest BCUT2D eigenvalue weighted by atomic mass is 16.6. The van der Waals surface area contributed by atoms with E-state index in [-0.39, 0.29) is 17.5 Å². The van der Waals surface area contributed by atoms with E-state index >= 15 is 0 Å². The number of hydrogen-bond acceptors (Lipinski definition) is 4. The molecule has 2 aromatic rings. The first-order valence-electron chi connectivity index (χ1n) is 7.69. The van der Waals surface area contributed by atoms with Gasteiger partial charge in [0.1, 0.15) is 5.69 Å². The quantitative estimate of drug-likeness (QED) is 0.484. The van der Waals surface area contributed by atoms with E-state index in [1.807, 2.05) is 18.2 Å². The number of nitro benzene ring substituents is 1. The van der Waals surface area contributed by atoms with Crippen molar-refractivity contribution in [2.24, 2.45) is 0 Å². The highest BCUT2D eigenvalue weighted by molar-refractivity contribution is 5.95. The molecule has 3 rings (SSSR count). The fourth-order valence-electron chi connectivity index (χ4n) is 3.21. The molecular weight excluding hydrogens is 292 g/mol. The van der Waals surface area contributed by atoms with Crippen LogP contribution in [0.3, 0.4) is 0 Å². The van der Waals surface area contributed by atoms with E-state index < -0.39 is 4.92 Å². The molecule has 118 valence electrons. The third-order valence-corrected chi connectivity index (χ3v) is 4.33. The predicted molar refractivity (Wildman–Crippen MR) is 88.9 cm³/mol. The summed E-state index contributed by atoms with van der Waals surface area (Å²) < 4.78 is 0. The first-order chi connectivity index (χ1) is 11.1. The molecule has 1 heterocycles. The van der Waals surface area contributed by atoms with Crippen LogP contribution in [-0.2, 0) is 0 Å². The fraction of sp³-hybridized carbons (Fsp3) is 0.278. The van der Waals surface area contributed by atoms with Gasteiger partial charge in [0.2, 0.25) is 0 Å². The van der Waals surface area contributed by atoms with E-state index in [0.29, 0.717) is 11.3 Å². The van der Waals surface area contributed by atoms with Crippen LogP contribution < -0.4 is 4.90 Å². The van der Waals surface area contributed by atoms with Gasteiger partial charge in [-0.3, -0.25) is 14.9 Å². The van der Waals surface area contributed by atoms with Gasteiger partial charge in [0.15, 0.2) is 5.78 Å². The van der Waals surface area contributed by atoms with Crippen LogP contribution in [0.15, 0.2) is 48.5 Å². The van der Waals surface area contributed by atoms with E-state index in [4.69, 9.17) is 0 Å². The Labute approximate surface area is 134 Å². The molecule has 1 saturated heterocycles. The molecule has 0 bridgehead atoms. The predicted octanol–water partition coefficient (Wildman–Crippen LogP) is 4.14. The normalized spacial score (nSPS) is 17.3. The molecule has 1 aliphatic rings. The molecule has 0 amide bonds. The van der Waals surface area contributed by atoms with Crippen LogP contribution in [0.2, 0.25) is 0 Å². The average molecular weight is 310 g/mol. The lowest BCUT2D eigenvalue weighted by molar-refractivity contribution is -0.384. The Bertz CT molecular complexity index is 743. The second-order valence-electron chi connectivity index (χ2n) is 5.78. The van der Waals surface area contributed by atoms with Crippen LogP contribution in [0, 0.1) is 10.1 Å². The van der Waals surface area contributed by atoms with Crippen molar-refractivity contribution < 1.29 is 9.72 Å². The molecule has 0 spiro atoms. The van der Waals surface area contributed by atoms with Crippen LogP contribution >= 0.6 is 0 Å². The van der Waals surface area contributed by atoms with Crippen LogP contribution in [0.25, 0.3) is 0 Å². The summed E-state index contributed by atoms with van der Waals surface area (Å²) >= 11 is 0. The molecule has 1 atom stereocenters. The summed E-state index contributed by atoms with van der Waals surface area (Å²) in [6.07, 6.45) is 1.96. The van der Waals surface area contributed by atoms with Gasteiger partial charge in [-0.1, -0.05) is 30.3 Å². The number of carbonyl (C=O) groups is 1. The standard InChI is InChI=1S/C18H18N2O3/c1-13(21)15-9-10-17(18(12-15)20(22)23)19-11-5-8-16(19)14-6-3-2-4-7-14/h2-4,6-7,9-10,12,16H,5,8,11H2,1H3. The smallest absolute Gasteiger partial charge is 0.293 e. The topological polar surface area (TPSA) is 63.5 Å². The van der Waals surface area contributed by atoms with Crippen LogP contribution in [0.4, 0.5) is 11.4 Å². The zero-order valence-corrected chi connectivity index (χ0v) is 12.9. The first kappa shape index (κ1) is 15.2. The second kappa shape index (κ2) is 6.20. The third-order valence-electron chi connectivity index (χ3n) is 4.33. The molecular formula is C18H18N2O3. The molecule has 0 N–H and O–H groups in total. The maximum absolute atomic E-state index is 11.5. The van der Waals surface area contributed by atoms with Crippen LogP contribution in [0.1, 0.15) is 41.7 Å². The number of nitrogens with zero attached hydrogens (tertiary/aromatic N) is 2. The summed E-state index contributed by atoms with van der Waals surface area (Å²) in [6, 6.07) is 14.9. The van der Waals surface area contributed by atoms with E-state index in [1.165, 1.54) is 13.0 Å². The fourth-order valence-corrected chi connectivity index (χ4v) is 3.21. The SMILES string of the molecule is CC(=O)c1ccc(N2CCCC2c2ccccc2)c([N+](=O)[O-])c1. The molecule has 0 aromatic heterocycles. The number of ketones is 1. The molecule has 0 aliphatic carbocycles. The van der Waals surface area contributed by atoms with Crippen molar-refractivity contribution in [1.82, 2.24) is 0 Å². The van der Waals surface area contributed by atoms with Crippen LogP contribution in [0.5, 0.6) is 0 Å². The van der Waals surface area contributed by atoms with Gasteiger partial charge in [-0.05, 0) is 37.5 Å². The summed E-state index contributed by atoms with van der Waals surface area (Å²) in [6.45, 7) is 2.20. The van der Waals surface area contributed by atoms with Crippen LogP contribution in [-0.4, -0.2) is 17.3 Å². The van der Waals surface area contributed by atoms with Gasteiger partial charge in [0, 0.05) is 18.2 Å². The summed E-state index contributed by atoms with van der Waals surface area (Å²) in [7, 11) is 0. The maximum atomic E-state index is 11.5. The van der Waals surface area contributed by atoms with E-state index in [2.05, 4.69) is 17.0 Å². The molecule has 23 heavy (non-hydrogen) atoms. The summed E-state index contributed by atoms with van der Waals surface area (Å²) in [5.74, 6) is -0.166. The Morgan fingerprint density at radius 3 is 2.61 bits per heavy atom. The van der Waals surface area contributed by atoms with Gasteiger partial charge in [-0.25, -0.2) is 0 Å². The van der Waals surface area contributed by atoms with Crippen molar-refractivity contribution in [2.75, 3.05) is 11.4 Å². The number of Topliss-reactive ketones (excluding diaryl/α,β-unsaturated/α-hetero) is 1. The van der Waals surface area contributed by atoms with Crippen molar-refractivity contribution in [2.45, 2.75) is 25.8 Å². The zero-order valence-electron chi connectivity index (χ0n) is 12.9. The van der Waals surface area contributed by atoms with Crippen molar-refractivity contribution in [3.8, 4) is 0 Å². The Morgan fingerprint density at radius 2 is 1.96 bits per heavy atom. The van der Waals surface area contributed by atoms with E-state index in [0.717, 1.165) is 24.9 Å². The second-order valence-corrected chi connectivity index (χ2v) is 5.78. The lowest BCUT2D eigenvalue weighted by Crippen LogP contribution is -2.23. The van der Waals surface area contributed by atoms with Gasteiger partial charge >= 0.3 is 0 Å². The summed E-state index contributed by atoms with van der Waals surface area (Å²) in [5, 5.41) is 11.5. The molecule has 5 nitrogen and oxygen atoms in total. The number of benzene rings is 2. The Morgan fingerprint density at radius 1 is 1.22 bits per heavy atom. The Balaban J connectivity index is 2.03. The van der Waals surface area contributed by atoms with Gasteiger partial charge in [0.25, 0.3) is 5.69 Å². The number of carbonyl (C=O) groups excluding carboxylic acids is 1. The first-order valence-corrected chi connectivity index (χ1v) is 7.69. The minimum Gasteiger partial charge on any atom is -0.359 e. The van der Waals surface area contributed by atoms with E-state index in [9.17, 15) is 14.9 Å². The lowest BCUT2D eigenvalue weighted by Gasteiger charge is -2.27. The van der Waals surface area contributed by atoms with Gasteiger partial charge in [0.05, 0.1) is 11.0 Å². The minimum absolute atomic E-state index is 0.000492. The number of rotatable bonds is 4. The monoisotopic (exact) mass is 310 g/mol. The largest absolute Gasteiger partial charge is 0.359 e.